The van der Waals surface area contributed by atoms with Crippen molar-refractivity contribution >= 4 is 195 Å². The molecule has 0 fully saturated rings. The Morgan fingerprint density at radius 1 is 0.164 bits per heavy atom. The van der Waals surface area contributed by atoms with Gasteiger partial charge in [0.2, 0.25) is 0 Å². The van der Waals surface area contributed by atoms with E-state index in [1.165, 1.54) is 240 Å². The van der Waals surface area contributed by atoms with Gasteiger partial charge in [0.05, 0.1) is 33.1 Å². The van der Waals surface area contributed by atoms with Gasteiger partial charge in [0, 0.05) is 96.0 Å². The largest absolute Gasteiger partial charge is 0.309 e. The smallest absolute Gasteiger partial charge is 0.0787 e. The summed E-state index contributed by atoms with van der Waals surface area (Å²) in [6.45, 7) is 4.68. The number of aromatic nitrogens is 5. The Hall–Kier alpha value is -18.2. The van der Waals surface area contributed by atoms with Crippen LogP contribution >= 0.6 is 0 Å². The van der Waals surface area contributed by atoms with Gasteiger partial charge in [-0.15, -0.1) is 0 Å². The predicted molar refractivity (Wildman–Crippen MR) is 596 cm³/mol. The molecule has 0 aliphatic heterocycles. The maximum absolute atomic E-state index is 5.02. The van der Waals surface area contributed by atoms with Gasteiger partial charge in [-0.2, -0.15) is 0 Å². The topological polar surface area (TPSA) is 56.5 Å². The van der Waals surface area contributed by atoms with Crippen LogP contribution in [0.5, 0.6) is 0 Å². The molecule has 1 aliphatic carbocycles. The molecule has 0 radical (unpaired) electrons. The number of hydrogen-bond donors (Lipinski definition) is 0. The summed E-state index contributed by atoms with van der Waals surface area (Å²) in [6, 6.07) is 169. The van der Waals surface area contributed by atoms with Crippen molar-refractivity contribution in [2.75, 3.05) is 0 Å². The monoisotopic (exact) mass is 1780 g/mol. The van der Waals surface area contributed by atoms with E-state index in [-0.39, 0.29) is 5.41 Å². The molecule has 0 N–H and O–H groups in total. The SMILES string of the molecule is CC1(C)c2ccccc2-c2ccc(-c3c4ccc5ccccc5c4cc4cccnc34)cc21.c1ccc2c(-c3c4ccc5ccccc5c4cc4cccnc34)cccc2c1.c1ccc2c(-c3c4ccccc4c(-c4c5ccc6ccccc6c5cc5cccnc45)c4ccccc34)cccc2c1.c1cnc2c(-c3ccc(-n4c5ccccc5c5ccccc54)cc3)c3ccc4ccccc4c3cc2c1. The van der Waals surface area contributed by atoms with E-state index in [1.54, 1.807) is 0 Å². The van der Waals surface area contributed by atoms with E-state index in [2.05, 4.69) is 461 Å². The first-order valence-corrected chi connectivity index (χ1v) is 48.3. The third-order valence-electron chi connectivity index (χ3n) is 29.6. The van der Waals surface area contributed by atoms with Crippen LogP contribution in [0.25, 0.3) is 267 Å². The van der Waals surface area contributed by atoms with E-state index in [9.17, 15) is 0 Å². The Morgan fingerprint density at radius 2 is 0.450 bits per heavy atom. The van der Waals surface area contributed by atoms with Gasteiger partial charge in [0.25, 0.3) is 0 Å². The molecule has 0 saturated carbocycles. The standard InChI is InChI=1S/C41H25N.C35H22N2.C32H23N.C27H17N/c1-3-15-29-26(11-1)13-9-21-31(29)38-32-17-5-7-19-34(32)39(35-20-8-6-18-33(35)38)40-36-23-22-27-12-2-4-16-30(27)37(36)25-28-14-10-24-42-41(28)40;1-2-10-27-23(8-1)17-20-30-31(27)22-25-9-7-21-36-35(25)34(30)24-15-18-26(19-16-24)37-32-13-5-3-11-28(32)29-12-4-6-14-33(29)37;1-32(2)28-12-6-5-11-24(28)25-15-14-21(19-29(25)32)30-26-16-13-20-8-3-4-10-23(20)27(26)18-22-9-7-17-33-31(22)30;1-3-11-21-18(7-1)9-5-13-23(21)26-24-15-14-19-8-2-4-12-22(19)25(24)17-20-10-6-16-28-27(20)26/h1-25H;1-22H;3-19H,1-2H3;1-17H. The van der Waals surface area contributed by atoms with Gasteiger partial charge in [-0.1, -0.05) is 402 Å². The molecular weight excluding hydrogens is 1690 g/mol. The van der Waals surface area contributed by atoms with Crippen LogP contribution in [0.2, 0.25) is 0 Å². The van der Waals surface area contributed by atoms with Crippen LogP contribution < -0.4 is 0 Å². The van der Waals surface area contributed by atoms with Gasteiger partial charge in [-0.05, 0) is 258 Å². The Balaban J connectivity index is 0.0000000947. The highest BCUT2D eigenvalue weighted by atomic mass is 15.0. The number of fused-ring (bicyclic) bond motifs is 26. The highest BCUT2D eigenvalue weighted by Gasteiger charge is 2.36. The Labute approximate surface area is 808 Å². The summed E-state index contributed by atoms with van der Waals surface area (Å²) in [4.78, 5) is 19.5. The van der Waals surface area contributed by atoms with E-state index in [1.807, 2.05) is 49.1 Å². The van der Waals surface area contributed by atoms with Gasteiger partial charge in [-0.25, -0.2) is 0 Å². The van der Waals surface area contributed by atoms with Crippen LogP contribution in [0.1, 0.15) is 25.0 Å². The second-order valence-electron chi connectivity index (χ2n) is 37.6. The molecule has 29 aromatic rings. The summed E-state index contributed by atoms with van der Waals surface area (Å²) >= 11 is 0. The third kappa shape index (κ3) is 13.2. The minimum atomic E-state index is -0.0253. The maximum Gasteiger partial charge on any atom is 0.0787 e. The number of rotatable bonds is 6. The van der Waals surface area contributed by atoms with Crippen molar-refractivity contribution in [2.45, 2.75) is 19.3 Å². The fraction of sp³-hybridized carbons (Fsp3) is 0.0222. The van der Waals surface area contributed by atoms with Crippen LogP contribution in [-0.2, 0) is 5.41 Å². The van der Waals surface area contributed by atoms with Crippen molar-refractivity contribution in [3.05, 3.63) is 503 Å². The highest BCUT2D eigenvalue weighted by Crippen LogP contribution is 2.54. The molecular formula is C135H87N5. The molecule has 652 valence electrons. The van der Waals surface area contributed by atoms with Crippen LogP contribution in [0.3, 0.4) is 0 Å². The number of nitrogens with zero attached hydrogens (tertiary/aromatic N) is 5. The number of hydrogen-bond acceptors (Lipinski definition) is 4. The molecule has 5 heterocycles. The van der Waals surface area contributed by atoms with Crippen LogP contribution in [0.15, 0.2) is 492 Å². The zero-order valence-electron chi connectivity index (χ0n) is 77.0. The molecule has 5 nitrogen and oxygen atoms in total. The maximum atomic E-state index is 5.02. The molecule has 0 amide bonds. The first-order chi connectivity index (χ1) is 69.3. The average molecular weight is 1780 g/mol. The molecule has 5 heteroatoms. The third-order valence-corrected chi connectivity index (χ3v) is 29.6. The van der Waals surface area contributed by atoms with Gasteiger partial charge in [0.1, 0.15) is 0 Å². The summed E-state index contributed by atoms with van der Waals surface area (Å²) < 4.78 is 2.36. The van der Waals surface area contributed by atoms with E-state index >= 15 is 0 Å². The minimum Gasteiger partial charge on any atom is -0.309 e. The summed E-state index contributed by atoms with van der Waals surface area (Å²) in [5.41, 5.74) is 25.5. The molecule has 30 rings (SSSR count). The lowest BCUT2D eigenvalue weighted by Gasteiger charge is -2.22. The highest BCUT2D eigenvalue weighted by molar-refractivity contribution is 6.31. The fourth-order valence-corrected chi connectivity index (χ4v) is 23.3. The normalized spacial score (nSPS) is 12.3. The molecule has 0 bridgehead atoms. The van der Waals surface area contributed by atoms with E-state index in [4.69, 9.17) is 19.9 Å². The van der Waals surface area contributed by atoms with Crippen molar-refractivity contribution in [3.8, 4) is 72.4 Å². The van der Waals surface area contributed by atoms with Crippen LogP contribution in [0.4, 0.5) is 0 Å². The van der Waals surface area contributed by atoms with Crippen molar-refractivity contribution in [2.24, 2.45) is 0 Å². The predicted octanol–water partition coefficient (Wildman–Crippen LogP) is 36.5. The lowest BCUT2D eigenvalue weighted by atomic mass is 9.81. The lowest BCUT2D eigenvalue weighted by Crippen LogP contribution is -2.14. The van der Waals surface area contributed by atoms with Crippen molar-refractivity contribution in [3.63, 3.8) is 0 Å². The molecule has 24 aromatic carbocycles. The summed E-state index contributed by atoms with van der Waals surface area (Å²) in [6.07, 6.45) is 7.62. The lowest BCUT2D eigenvalue weighted by molar-refractivity contribution is 0.660. The Morgan fingerprint density at radius 3 is 0.886 bits per heavy atom. The van der Waals surface area contributed by atoms with Crippen LogP contribution in [-0.4, -0.2) is 24.5 Å². The Kier molecular flexibility index (Phi) is 19.3. The average Bonchev–Trinajstić information content (AvgIpc) is 0.823. The first-order valence-electron chi connectivity index (χ1n) is 48.3. The van der Waals surface area contributed by atoms with Gasteiger partial charge < -0.3 is 4.57 Å². The van der Waals surface area contributed by atoms with E-state index < -0.39 is 0 Å². The fourth-order valence-electron chi connectivity index (χ4n) is 23.3. The van der Waals surface area contributed by atoms with Gasteiger partial charge in [-0.3, -0.25) is 19.9 Å². The number of pyridine rings is 4. The van der Waals surface area contributed by atoms with E-state index in [0.29, 0.717) is 0 Å². The molecule has 1 aliphatic rings. The minimum absolute atomic E-state index is 0.0253. The first kappa shape index (κ1) is 81.4. The zero-order valence-corrected chi connectivity index (χ0v) is 77.0. The quantitative estimate of drug-likeness (QED) is 0.123. The summed E-state index contributed by atoms with van der Waals surface area (Å²) in [5.74, 6) is 0. The number of para-hydroxylation sites is 2. The molecule has 0 saturated heterocycles. The molecule has 0 atom stereocenters. The number of benzene rings is 24. The molecule has 140 heavy (non-hydrogen) atoms. The molecule has 5 aromatic heterocycles. The van der Waals surface area contributed by atoms with Crippen LogP contribution in [0, 0.1) is 0 Å². The molecule has 0 unspecified atom stereocenters. The van der Waals surface area contributed by atoms with Crippen molar-refractivity contribution in [1.29, 1.82) is 0 Å². The molecule has 0 spiro atoms. The van der Waals surface area contributed by atoms with Gasteiger partial charge in [0.15, 0.2) is 0 Å². The van der Waals surface area contributed by atoms with Gasteiger partial charge >= 0.3 is 0 Å². The van der Waals surface area contributed by atoms with E-state index in [0.717, 1.165) is 38.5 Å². The zero-order chi connectivity index (χ0) is 92.6. The van der Waals surface area contributed by atoms with Crippen molar-refractivity contribution in [1.82, 2.24) is 24.5 Å². The summed E-state index contributed by atoms with van der Waals surface area (Å²) in [5, 5.41) is 37.5. The Bertz CT molecular complexity index is 10100. The summed E-state index contributed by atoms with van der Waals surface area (Å²) in [7, 11) is 0. The second-order valence-corrected chi connectivity index (χ2v) is 37.6. The van der Waals surface area contributed by atoms with Crippen molar-refractivity contribution < 1.29 is 0 Å². The second kappa shape index (κ2) is 33.1.